The second-order valence-corrected chi connectivity index (χ2v) is 0.821. The predicted molar refractivity (Wildman–Crippen MR) is 19.5 cm³/mol. The third-order valence-electron chi connectivity index (χ3n) is 0.331. The molecule has 2 nitrogen and oxygen atoms in total. The van der Waals surface area contributed by atoms with Crippen molar-refractivity contribution in [3.05, 3.63) is 12.2 Å². The van der Waals surface area contributed by atoms with E-state index >= 15 is 0 Å². The van der Waals surface area contributed by atoms with Gasteiger partial charge in [-0.25, -0.2) is 4.39 Å². The maximum atomic E-state index is 11.3. The van der Waals surface area contributed by atoms with Gasteiger partial charge < -0.3 is 5.73 Å². The lowest BCUT2D eigenvalue weighted by molar-refractivity contribution is -0.116. The summed E-state index contributed by atoms with van der Waals surface area (Å²) in [6.07, 6.45) is -0.484. The molecule has 0 aliphatic rings. The van der Waals surface area contributed by atoms with Gasteiger partial charge in [-0.05, 0) is 0 Å². The van der Waals surface area contributed by atoms with E-state index in [1.54, 1.807) is 0 Å². The average molecular weight is 107 g/mol. The van der Waals surface area contributed by atoms with Crippen LogP contribution in [0, 0.1) is 0 Å². The summed E-state index contributed by atoms with van der Waals surface area (Å²) in [5.74, 6) is -2.94. The lowest BCUT2D eigenvalue weighted by Crippen LogP contribution is -2.09. The van der Waals surface area contributed by atoms with Gasteiger partial charge >= 0.3 is 0 Å². The molecule has 0 aromatic heterocycles. The van der Waals surface area contributed by atoms with Crippen LogP contribution >= 0.6 is 0 Å². The Morgan fingerprint density at radius 3 is 2.14 bits per heavy atom. The summed E-state index contributed by atoms with van der Waals surface area (Å²) < 4.78 is 22.1. The summed E-state index contributed by atoms with van der Waals surface area (Å²) in [6, 6.07) is 0. The highest BCUT2D eigenvalue weighted by Crippen LogP contribution is 1.91. The van der Waals surface area contributed by atoms with Crippen LogP contribution in [0.5, 0.6) is 0 Å². The Labute approximate surface area is 38.6 Å². The second-order valence-electron chi connectivity index (χ2n) is 0.821. The average Bonchev–Trinajstić information content (AvgIpc) is 1.65. The molecule has 0 unspecified atom stereocenters. The number of halogens is 2. The van der Waals surface area contributed by atoms with Crippen LogP contribution in [-0.2, 0) is 4.79 Å². The smallest absolute Gasteiger partial charge is 0.279 e. The van der Waals surface area contributed by atoms with Crippen LogP contribution in [-0.4, -0.2) is 5.91 Å². The van der Waals surface area contributed by atoms with Gasteiger partial charge in [0.2, 0.25) is 5.83 Å². The van der Waals surface area contributed by atoms with Crippen LogP contribution in [0.4, 0.5) is 8.78 Å². The molecular weight excluding hydrogens is 104 g/mol. The fraction of sp³-hybridized carbons (Fsp3) is 0. The zero-order valence-corrected chi connectivity index (χ0v) is 3.32. The lowest BCUT2D eigenvalue weighted by atomic mass is 10.6. The maximum Gasteiger partial charge on any atom is 0.279 e. The van der Waals surface area contributed by atoms with E-state index in [1.807, 2.05) is 0 Å². The van der Waals surface area contributed by atoms with Gasteiger partial charge in [0.25, 0.3) is 5.91 Å². The normalized spacial score (nSPS) is 11.4. The van der Waals surface area contributed by atoms with Crippen LogP contribution in [0.3, 0.4) is 0 Å². The lowest BCUT2D eigenvalue weighted by Gasteiger charge is -1.78. The SMILES string of the molecule is NC(=O)C(F)=CF. The Balaban J connectivity index is 3.82. The van der Waals surface area contributed by atoms with E-state index in [0.29, 0.717) is 0 Å². The number of amides is 1. The van der Waals surface area contributed by atoms with Gasteiger partial charge in [0.05, 0.1) is 0 Å². The summed E-state index contributed by atoms with van der Waals surface area (Å²) in [7, 11) is 0. The van der Waals surface area contributed by atoms with Crippen molar-refractivity contribution in [1.82, 2.24) is 0 Å². The number of nitrogens with two attached hydrogens (primary N) is 1. The van der Waals surface area contributed by atoms with Crippen LogP contribution in [0.2, 0.25) is 0 Å². The highest BCUT2D eigenvalue weighted by atomic mass is 19.2. The molecule has 0 rings (SSSR count). The predicted octanol–water partition coefficient (Wildman–Crippen LogP) is 0.252. The Morgan fingerprint density at radius 2 is 2.14 bits per heavy atom. The van der Waals surface area contributed by atoms with Crippen molar-refractivity contribution >= 4 is 5.91 Å². The molecule has 0 atom stereocenters. The minimum absolute atomic E-state index is 0.484. The summed E-state index contributed by atoms with van der Waals surface area (Å²) in [5.41, 5.74) is 4.22. The van der Waals surface area contributed by atoms with Crippen molar-refractivity contribution in [3.8, 4) is 0 Å². The van der Waals surface area contributed by atoms with Gasteiger partial charge in [-0.15, -0.1) is 0 Å². The van der Waals surface area contributed by atoms with Gasteiger partial charge in [-0.1, -0.05) is 0 Å². The number of carbonyl (C=O) groups excluding carboxylic acids is 1. The first kappa shape index (κ1) is 6.07. The van der Waals surface area contributed by atoms with Crippen LogP contribution in [0.1, 0.15) is 0 Å². The molecule has 1 amide bonds. The fourth-order valence-electron chi connectivity index (χ4n) is 0.0538. The topological polar surface area (TPSA) is 43.1 Å². The Bertz CT molecular complexity index is 110. The van der Waals surface area contributed by atoms with Crippen LogP contribution in [0.25, 0.3) is 0 Å². The molecule has 0 aliphatic heterocycles. The van der Waals surface area contributed by atoms with E-state index in [0.717, 1.165) is 0 Å². The van der Waals surface area contributed by atoms with Crippen LogP contribution in [0.15, 0.2) is 12.2 Å². The van der Waals surface area contributed by atoms with Crippen molar-refractivity contribution in [2.75, 3.05) is 0 Å². The minimum atomic E-state index is -1.56. The van der Waals surface area contributed by atoms with E-state index < -0.39 is 18.1 Å². The first-order valence-electron chi connectivity index (χ1n) is 1.44. The summed E-state index contributed by atoms with van der Waals surface area (Å²) in [4.78, 5) is 9.47. The first-order valence-corrected chi connectivity index (χ1v) is 1.44. The molecule has 7 heavy (non-hydrogen) atoms. The number of hydrogen-bond donors (Lipinski definition) is 1. The Morgan fingerprint density at radius 1 is 1.71 bits per heavy atom. The van der Waals surface area contributed by atoms with E-state index in [1.165, 1.54) is 0 Å². The molecule has 0 fully saturated rings. The molecule has 0 aromatic carbocycles. The Hall–Kier alpha value is -0.930. The molecular formula is C3H3F2NO. The maximum absolute atomic E-state index is 11.3. The molecule has 0 radical (unpaired) electrons. The zero-order valence-electron chi connectivity index (χ0n) is 3.32. The molecule has 4 heteroatoms. The van der Waals surface area contributed by atoms with Gasteiger partial charge in [-0.2, -0.15) is 4.39 Å². The standard InChI is InChI=1S/C3H3F2NO/c4-1-2(5)3(6)7/h1H,(H2,6,7). The van der Waals surface area contributed by atoms with E-state index in [2.05, 4.69) is 5.73 Å². The molecule has 0 heterocycles. The van der Waals surface area contributed by atoms with E-state index in [-0.39, 0.29) is 0 Å². The van der Waals surface area contributed by atoms with Gasteiger partial charge in [-0.3, -0.25) is 4.79 Å². The summed E-state index contributed by atoms with van der Waals surface area (Å²) in [5, 5.41) is 0. The quantitative estimate of drug-likeness (QED) is 0.479. The monoisotopic (exact) mass is 107 g/mol. The van der Waals surface area contributed by atoms with Crippen molar-refractivity contribution < 1.29 is 13.6 Å². The molecule has 0 saturated carbocycles. The Kier molecular flexibility index (Phi) is 1.98. The highest BCUT2D eigenvalue weighted by molar-refractivity contribution is 5.89. The van der Waals surface area contributed by atoms with Gasteiger partial charge in [0.15, 0.2) is 0 Å². The number of primary amides is 1. The third-order valence-corrected chi connectivity index (χ3v) is 0.331. The summed E-state index contributed by atoms with van der Waals surface area (Å²) in [6.45, 7) is 0. The number of hydrogen-bond acceptors (Lipinski definition) is 1. The molecule has 2 N–H and O–H groups in total. The first-order chi connectivity index (χ1) is 3.18. The molecule has 0 aromatic rings. The summed E-state index contributed by atoms with van der Waals surface area (Å²) >= 11 is 0. The largest absolute Gasteiger partial charge is 0.364 e. The van der Waals surface area contributed by atoms with Crippen molar-refractivity contribution in [1.29, 1.82) is 0 Å². The number of carbonyl (C=O) groups is 1. The minimum Gasteiger partial charge on any atom is -0.364 e. The molecule has 0 aliphatic carbocycles. The highest BCUT2D eigenvalue weighted by Gasteiger charge is 1.98. The van der Waals surface area contributed by atoms with Crippen molar-refractivity contribution in [2.24, 2.45) is 5.73 Å². The van der Waals surface area contributed by atoms with E-state index in [9.17, 15) is 13.6 Å². The van der Waals surface area contributed by atoms with Gasteiger partial charge in [0.1, 0.15) is 6.33 Å². The number of rotatable bonds is 1. The molecule has 40 valence electrons. The molecule has 0 spiro atoms. The zero-order chi connectivity index (χ0) is 5.86. The molecule has 0 saturated heterocycles. The second kappa shape index (κ2) is 2.28. The van der Waals surface area contributed by atoms with Crippen LogP contribution < -0.4 is 5.73 Å². The molecule has 0 bridgehead atoms. The van der Waals surface area contributed by atoms with E-state index in [4.69, 9.17) is 0 Å². The van der Waals surface area contributed by atoms with Crippen molar-refractivity contribution in [3.63, 3.8) is 0 Å². The fourth-order valence-corrected chi connectivity index (χ4v) is 0.0538. The van der Waals surface area contributed by atoms with Crippen molar-refractivity contribution in [2.45, 2.75) is 0 Å². The van der Waals surface area contributed by atoms with Gasteiger partial charge in [0, 0.05) is 0 Å². The third kappa shape index (κ3) is 1.86.